The molecule has 0 aliphatic heterocycles. The normalized spacial score (nSPS) is 13.4. The number of benzene rings is 2. The Hall–Kier alpha value is -5.01. The predicted octanol–water partition coefficient (Wildman–Crippen LogP) is 4.87. The van der Waals surface area contributed by atoms with Crippen molar-refractivity contribution in [1.29, 1.82) is 0 Å². The van der Waals surface area contributed by atoms with Crippen LogP contribution in [0.4, 0.5) is 14.7 Å². The number of hydrogen-bond acceptors (Lipinski definition) is 10. The monoisotopic (exact) mass is 702 g/mol. The van der Waals surface area contributed by atoms with Crippen molar-refractivity contribution in [1.82, 2.24) is 25.9 Å². The summed E-state index contributed by atoms with van der Waals surface area (Å²) in [5, 5.41) is 22.9. The standard InChI is InChI=1S/C37H46N6O6S/c1-25(2)33(42-37(47)49-23-30-24-50-35(39-30)43(3)4)34(45)41-31(19-27-14-9-6-10-15-27)32(44)20-29(18-26-12-7-5-8-13-26)40-36(46)48-22-28-16-11-17-38-21-28/h5-17,21,24-25,29,31-33,44H,18-20,22-23H2,1-4H3,(H,40,46)(H,41,45)(H,42,47)/t29-,31-,32-,33-/m0/s1. The fourth-order valence-corrected chi connectivity index (χ4v) is 5.97. The molecule has 4 N–H and O–H groups in total. The summed E-state index contributed by atoms with van der Waals surface area (Å²) in [4.78, 5) is 49.8. The number of rotatable bonds is 17. The number of carbonyl (C=O) groups is 3. The van der Waals surface area contributed by atoms with Gasteiger partial charge in [-0.3, -0.25) is 9.78 Å². The fraction of sp³-hybridized carbons (Fsp3) is 0.378. The summed E-state index contributed by atoms with van der Waals surface area (Å²) >= 11 is 1.43. The first-order valence-electron chi connectivity index (χ1n) is 16.5. The van der Waals surface area contributed by atoms with E-state index in [1.54, 1.807) is 18.5 Å². The Morgan fingerprint density at radius 1 is 0.820 bits per heavy atom. The summed E-state index contributed by atoms with van der Waals surface area (Å²) in [5.74, 6) is -0.761. The van der Waals surface area contributed by atoms with E-state index in [9.17, 15) is 19.5 Å². The van der Waals surface area contributed by atoms with Crippen molar-refractivity contribution in [3.05, 3.63) is 113 Å². The molecule has 4 atom stereocenters. The lowest BCUT2D eigenvalue weighted by Crippen LogP contribution is -2.56. The van der Waals surface area contributed by atoms with Crippen LogP contribution in [-0.4, -0.2) is 71.5 Å². The van der Waals surface area contributed by atoms with Crippen LogP contribution >= 0.6 is 11.3 Å². The van der Waals surface area contributed by atoms with Gasteiger partial charge in [-0.1, -0.05) is 80.6 Å². The van der Waals surface area contributed by atoms with Gasteiger partial charge in [-0.15, -0.1) is 11.3 Å². The van der Waals surface area contributed by atoms with Crippen molar-refractivity contribution in [2.45, 2.75) is 70.6 Å². The highest BCUT2D eigenvalue weighted by Crippen LogP contribution is 2.19. The number of thiazole rings is 1. The molecule has 0 aliphatic carbocycles. The lowest BCUT2D eigenvalue weighted by Gasteiger charge is -2.30. The van der Waals surface area contributed by atoms with Gasteiger partial charge in [0.2, 0.25) is 5.91 Å². The Kier molecular flexibility index (Phi) is 14.6. The number of hydrogen-bond donors (Lipinski definition) is 4. The zero-order valence-electron chi connectivity index (χ0n) is 28.8. The number of nitrogens with zero attached hydrogens (tertiary/aromatic N) is 3. The number of aliphatic hydroxyl groups excluding tert-OH is 1. The van der Waals surface area contributed by atoms with Gasteiger partial charge in [0, 0.05) is 43.5 Å². The summed E-state index contributed by atoms with van der Waals surface area (Å²) in [5.41, 5.74) is 3.20. The predicted molar refractivity (Wildman–Crippen MR) is 193 cm³/mol. The summed E-state index contributed by atoms with van der Waals surface area (Å²) in [6.45, 7) is 3.63. The van der Waals surface area contributed by atoms with Crippen molar-refractivity contribution >= 4 is 34.6 Å². The molecular formula is C37H46N6O6S. The van der Waals surface area contributed by atoms with Gasteiger partial charge in [0.15, 0.2) is 5.13 Å². The van der Waals surface area contributed by atoms with E-state index < -0.39 is 42.3 Å². The third-order valence-corrected chi connectivity index (χ3v) is 8.91. The van der Waals surface area contributed by atoms with Crippen LogP contribution in [-0.2, 0) is 40.3 Å². The van der Waals surface area contributed by atoms with Crippen LogP contribution in [0.2, 0.25) is 0 Å². The smallest absolute Gasteiger partial charge is 0.408 e. The number of alkyl carbamates (subject to hydrolysis) is 2. The van der Waals surface area contributed by atoms with Crippen molar-refractivity contribution in [3.63, 3.8) is 0 Å². The maximum absolute atomic E-state index is 13.7. The highest BCUT2D eigenvalue weighted by molar-refractivity contribution is 7.13. The Morgan fingerprint density at radius 3 is 2.04 bits per heavy atom. The number of ether oxygens (including phenoxy) is 2. The molecule has 4 rings (SSSR count). The highest BCUT2D eigenvalue weighted by Gasteiger charge is 2.31. The first kappa shape index (κ1) is 37.8. The van der Waals surface area contributed by atoms with Gasteiger partial charge in [0.25, 0.3) is 0 Å². The lowest BCUT2D eigenvalue weighted by atomic mass is 9.93. The topological polar surface area (TPSA) is 155 Å². The van der Waals surface area contributed by atoms with Crippen molar-refractivity contribution < 1.29 is 29.0 Å². The molecule has 0 bridgehead atoms. The van der Waals surface area contributed by atoms with Gasteiger partial charge in [-0.25, -0.2) is 14.6 Å². The van der Waals surface area contributed by atoms with Gasteiger partial charge in [0.05, 0.1) is 17.8 Å². The number of carbonyl (C=O) groups excluding carboxylic acids is 3. The Labute approximate surface area is 297 Å². The molecule has 0 radical (unpaired) electrons. The number of aromatic nitrogens is 2. The van der Waals surface area contributed by atoms with E-state index in [1.807, 2.05) is 105 Å². The molecule has 2 aromatic carbocycles. The minimum atomic E-state index is -1.08. The number of pyridine rings is 1. The van der Waals surface area contributed by atoms with E-state index in [0.29, 0.717) is 18.5 Å². The van der Waals surface area contributed by atoms with Crippen LogP contribution in [0, 0.1) is 5.92 Å². The van der Waals surface area contributed by atoms with Crippen LogP contribution in [0.25, 0.3) is 0 Å². The lowest BCUT2D eigenvalue weighted by molar-refractivity contribution is -0.125. The molecule has 12 nitrogen and oxygen atoms in total. The zero-order valence-corrected chi connectivity index (χ0v) is 29.6. The molecule has 50 heavy (non-hydrogen) atoms. The van der Waals surface area contributed by atoms with Crippen LogP contribution in [0.1, 0.15) is 42.7 Å². The fourth-order valence-electron chi connectivity index (χ4n) is 5.22. The molecule has 13 heteroatoms. The van der Waals surface area contributed by atoms with E-state index in [1.165, 1.54) is 11.3 Å². The Bertz CT molecular complexity index is 1620. The van der Waals surface area contributed by atoms with Crippen LogP contribution < -0.4 is 20.9 Å². The van der Waals surface area contributed by atoms with Gasteiger partial charge in [-0.2, -0.15) is 0 Å². The number of anilines is 1. The first-order valence-corrected chi connectivity index (χ1v) is 17.4. The second kappa shape index (κ2) is 19.2. The number of amides is 3. The Morgan fingerprint density at radius 2 is 1.44 bits per heavy atom. The van der Waals surface area contributed by atoms with Gasteiger partial charge in [0.1, 0.15) is 19.3 Å². The Balaban J connectivity index is 1.45. The number of nitrogens with one attached hydrogen (secondary N) is 3. The average Bonchev–Trinajstić information content (AvgIpc) is 3.59. The summed E-state index contributed by atoms with van der Waals surface area (Å²) in [6, 6.07) is 20.4. The highest BCUT2D eigenvalue weighted by atomic mass is 32.1. The van der Waals surface area contributed by atoms with E-state index in [4.69, 9.17) is 9.47 Å². The summed E-state index contributed by atoms with van der Waals surface area (Å²) in [6.07, 6.45) is 1.63. The second-order valence-electron chi connectivity index (χ2n) is 12.5. The molecule has 0 saturated carbocycles. The molecule has 0 unspecified atom stereocenters. The number of aliphatic hydroxyl groups is 1. The van der Waals surface area contributed by atoms with E-state index >= 15 is 0 Å². The summed E-state index contributed by atoms with van der Waals surface area (Å²) < 4.78 is 10.8. The van der Waals surface area contributed by atoms with Crippen molar-refractivity contribution in [2.24, 2.45) is 5.92 Å². The van der Waals surface area contributed by atoms with E-state index in [-0.39, 0.29) is 25.6 Å². The van der Waals surface area contributed by atoms with E-state index in [0.717, 1.165) is 21.8 Å². The molecule has 0 fully saturated rings. The molecule has 3 amide bonds. The van der Waals surface area contributed by atoms with Gasteiger partial charge < -0.3 is 35.4 Å². The minimum Gasteiger partial charge on any atom is -0.445 e. The second-order valence-corrected chi connectivity index (χ2v) is 13.4. The van der Waals surface area contributed by atoms with Gasteiger partial charge in [-0.05, 0) is 42.4 Å². The van der Waals surface area contributed by atoms with Crippen molar-refractivity contribution in [3.8, 4) is 0 Å². The maximum Gasteiger partial charge on any atom is 0.408 e. The van der Waals surface area contributed by atoms with Crippen LogP contribution in [0.15, 0.2) is 90.6 Å². The largest absolute Gasteiger partial charge is 0.445 e. The minimum absolute atomic E-state index is 0.0416. The zero-order chi connectivity index (χ0) is 35.9. The molecule has 266 valence electrons. The van der Waals surface area contributed by atoms with E-state index in [2.05, 4.69) is 25.9 Å². The average molecular weight is 703 g/mol. The molecular weight excluding hydrogens is 657 g/mol. The van der Waals surface area contributed by atoms with Crippen molar-refractivity contribution in [2.75, 3.05) is 19.0 Å². The molecule has 0 saturated heterocycles. The molecule has 4 aromatic rings. The molecule has 2 aromatic heterocycles. The van der Waals surface area contributed by atoms with Crippen LogP contribution in [0.3, 0.4) is 0 Å². The molecule has 0 spiro atoms. The first-order chi connectivity index (χ1) is 24.1. The van der Waals surface area contributed by atoms with Crippen LogP contribution in [0.5, 0.6) is 0 Å². The molecule has 2 heterocycles. The van der Waals surface area contributed by atoms with Gasteiger partial charge >= 0.3 is 12.2 Å². The maximum atomic E-state index is 13.7. The quantitative estimate of drug-likeness (QED) is 0.121. The third-order valence-electron chi connectivity index (χ3n) is 7.85. The SMILES string of the molecule is CC(C)[C@H](NC(=O)OCc1csc(N(C)C)n1)C(=O)N[C@@H](Cc1ccccc1)[C@@H](O)C[C@H](Cc1ccccc1)NC(=O)OCc1cccnc1. The summed E-state index contributed by atoms with van der Waals surface area (Å²) in [7, 11) is 3.76. The third kappa shape index (κ3) is 12.5. The molecule has 0 aliphatic rings.